The Morgan fingerprint density at radius 1 is 1.14 bits per heavy atom. The molecule has 0 spiro atoms. The summed E-state index contributed by atoms with van der Waals surface area (Å²) in [5, 5.41) is 4.18. The maximum Gasteiger partial charge on any atom is 0.130 e. The molecule has 5 nitrogen and oxygen atoms in total. The highest BCUT2D eigenvalue weighted by Gasteiger charge is 2.18. The molecule has 2 heterocycles. The molecule has 0 saturated carbocycles. The van der Waals surface area contributed by atoms with Gasteiger partial charge < -0.3 is 10.2 Å². The maximum atomic E-state index is 6.27. The van der Waals surface area contributed by atoms with Gasteiger partial charge >= 0.3 is 0 Å². The number of nitrogens with one attached hydrogen (secondary N) is 1. The molecule has 0 unspecified atom stereocenters. The summed E-state index contributed by atoms with van der Waals surface area (Å²) in [4.78, 5) is 13.2. The average molecular weight is 318 g/mol. The second-order valence-electron chi connectivity index (χ2n) is 5.38. The molecule has 1 saturated heterocycles. The molecule has 6 heteroatoms. The summed E-state index contributed by atoms with van der Waals surface area (Å²) >= 11 is 6.27. The van der Waals surface area contributed by atoms with E-state index in [0.717, 1.165) is 55.2 Å². The zero-order valence-corrected chi connectivity index (χ0v) is 13.4. The number of nitrogens with zero attached hydrogens (tertiary/aromatic N) is 4. The van der Waals surface area contributed by atoms with Crippen molar-refractivity contribution in [3.05, 3.63) is 47.4 Å². The Labute approximate surface area is 135 Å². The van der Waals surface area contributed by atoms with Crippen molar-refractivity contribution in [1.29, 1.82) is 0 Å². The molecule has 22 heavy (non-hydrogen) atoms. The van der Waals surface area contributed by atoms with Crippen LogP contribution in [0.5, 0.6) is 0 Å². The van der Waals surface area contributed by atoms with Gasteiger partial charge in [0.1, 0.15) is 11.6 Å². The average Bonchev–Trinajstić information content (AvgIpc) is 2.54. The lowest BCUT2D eigenvalue weighted by Gasteiger charge is -2.36. The maximum absolute atomic E-state index is 6.27. The van der Waals surface area contributed by atoms with E-state index >= 15 is 0 Å². The first-order valence-corrected chi connectivity index (χ1v) is 7.85. The van der Waals surface area contributed by atoms with E-state index in [1.54, 1.807) is 6.20 Å². The highest BCUT2D eigenvalue weighted by Crippen LogP contribution is 2.25. The van der Waals surface area contributed by atoms with Crippen LogP contribution in [0.25, 0.3) is 0 Å². The molecule has 0 radical (unpaired) electrons. The molecule has 1 N–H and O–H groups in total. The fourth-order valence-electron chi connectivity index (χ4n) is 2.60. The number of hydrogen-bond acceptors (Lipinski definition) is 5. The van der Waals surface area contributed by atoms with Crippen molar-refractivity contribution in [2.24, 2.45) is 0 Å². The fraction of sp³-hybridized carbons (Fsp3) is 0.375. The number of aromatic nitrogens is 2. The number of benzene rings is 1. The third-order valence-electron chi connectivity index (χ3n) is 3.83. The molecule has 0 aliphatic carbocycles. The third-order valence-corrected chi connectivity index (χ3v) is 4.14. The van der Waals surface area contributed by atoms with Crippen LogP contribution in [0.15, 0.2) is 36.5 Å². The molecule has 1 aliphatic rings. The smallest absolute Gasteiger partial charge is 0.130 e. The van der Waals surface area contributed by atoms with E-state index in [-0.39, 0.29) is 0 Å². The summed E-state index contributed by atoms with van der Waals surface area (Å²) in [7, 11) is 0. The van der Waals surface area contributed by atoms with Crippen LogP contribution in [0, 0.1) is 6.92 Å². The Kier molecular flexibility index (Phi) is 4.75. The molecular formula is C16H20ClN5. The first-order valence-electron chi connectivity index (χ1n) is 7.48. The number of anilines is 2. The minimum Gasteiger partial charge on any atom is -0.368 e. The molecule has 2 aromatic rings. The van der Waals surface area contributed by atoms with Crippen molar-refractivity contribution in [1.82, 2.24) is 14.9 Å². The fourth-order valence-corrected chi connectivity index (χ4v) is 2.86. The molecule has 0 bridgehead atoms. The number of piperazine rings is 1. The first kappa shape index (κ1) is 15.1. The van der Waals surface area contributed by atoms with Crippen LogP contribution in [-0.2, 0) is 0 Å². The minimum absolute atomic E-state index is 0.786. The van der Waals surface area contributed by atoms with E-state index in [4.69, 9.17) is 11.6 Å². The van der Waals surface area contributed by atoms with Crippen molar-refractivity contribution >= 4 is 23.1 Å². The van der Waals surface area contributed by atoms with Gasteiger partial charge in [0.15, 0.2) is 0 Å². The van der Waals surface area contributed by atoms with E-state index < -0.39 is 0 Å². The number of hydrogen-bond donors (Lipinski definition) is 1. The second-order valence-corrected chi connectivity index (χ2v) is 5.79. The van der Waals surface area contributed by atoms with Gasteiger partial charge in [-0.3, -0.25) is 4.90 Å². The molecule has 116 valence electrons. The zero-order valence-electron chi connectivity index (χ0n) is 12.7. The van der Waals surface area contributed by atoms with Gasteiger partial charge in [-0.1, -0.05) is 23.7 Å². The van der Waals surface area contributed by atoms with Crippen molar-refractivity contribution < 1.29 is 0 Å². The lowest BCUT2D eigenvalue weighted by atomic mass is 10.2. The highest BCUT2D eigenvalue weighted by molar-refractivity contribution is 6.33. The first-order chi connectivity index (χ1) is 10.7. The molecule has 3 rings (SSSR count). The molecule has 1 fully saturated rings. The SMILES string of the molecule is Cc1nccc(NCN2CCN(c3ccccc3Cl)CC2)n1. The Morgan fingerprint density at radius 3 is 2.64 bits per heavy atom. The lowest BCUT2D eigenvalue weighted by Crippen LogP contribution is -2.48. The lowest BCUT2D eigenvalue weighted by molar-refractivity contribution is 0.275. The van der Waals surface area contributed by atoms with Crippen LogP contribution in [0.1, 0.15) is 5.82 Å². The van der Waals surface area contributed by atoms with Crippen LogP contribution in [0.4, 0.5) is 11.5 Å². The molecular weight excluding hydrogens is 298 g/mol. The Hall–Kier alpha value is -1.85. The highest BCUT2D eigenvalue weighted by atomic mass is 35.5. The Balaban J connectivity index is 1.51. The molecule has 0 amide bonds. The summed E-state index contributed by atoms with van der Waals surface area (Å²) < 4.78 is 0. The molecule has 1 aromatic heterocycles. The minimum atomic E-state index is 0.786. The van der Waals surface area contributed by atoms with Crippen molar-refractivity contribution in [3.8, 4) is 0 Å². The van der Waals surface area contributed by atoms with E-state index in [1.807, 2.05) is 31.2 Å². The zero-order chi connectivity index (χ0) is 15.4. The predicted octanol–water partition coefficient (Wildman–Crippen LogP) is 2.63. The Morgan fingerprint density at radius 2 is 1.91 bits per heavy atom. The van der Waals surface area contributed by atoms with Gasteiger partial charge in [-0.15, -0.1) is 0 Å². The number of rotatable bonds is 4. The summed E-state index contributed by atoms with van der Waals surface area (Å²) in [5.41, 5.74) is 1.13. The van der Waals surface area contributed by atoms with Crippen molar-refractivity contribution in [2.75, 3.05) is 43.1 Å². The van der Waals surface area contributed by atoms with Gasteiger partial charge in [0.05, 0.1) is 17.4 Å². The van der Waals surface area contributed by atoms with E-state index in [0.29, 0.717) is 0 Å². The quantitative estimate of drug-likeness (QED) is 0.939. The molecule has 1 aromatic carbocycles. The van der Waals surface area contributed by atoms with Crippen molar-refractivity contribution in [3.63, 3.8) is 0 Å². The summed E-state index contributed by atoms with van der Waals surface area (Å²) in [6, 6.07) is 9.93. The van der Waals surface area contributed by atoms with Crippen molar-refractivity contribution in [2.45, 2.75) is 6.92 Å². The second kappa shape index (κ2) is 6.94. The number of para-hydroxylation sites is 1. The van der Waals surface area contributed by atoms with Crippen LogP contribution in [-0.4, -0.2) is 47.7 Å². The van der Waals surface area contributed by atoms with Gasteiger partial charge in [0.2, 0.25) is 0 Å². The summed E-state index contributed by atoms with van der Waals surface area (Å²) in [6.45, 7) is 6.66. The topological polar surface area (TPSA) is 44.3 Å². The normalized spacial score (nSPS) is 15.8. The van der Waals surface area contributed by atoms with Gasteiger partial charge in [-0.25, -0.2) is 9.97 Å². The number of aryl methyl sites for hydroxylation is 1. The van der Waals surface area contributed by atoms with E-state index in [1.165, 1.54) is 0 Å². The predicted molar refractivity (Wildman–Crippen MR) is 90.5 cm³/mol. The Bertz CT molecular complexity index is 625. The molecule has 1 aliphatic heterocycles. The van der Waals surface area contributed by atoms with Crippen LogP contribution >= 0.6 is 11.6 Å². The largest absolute Gasteiger partial charge is 0.368 e. The van der Waals surface area contributed by atoms with Crippen LogP contribution < -0.4 is 10.2 Å². The van der Waals surface area contributed by atoms with E-state index in [2.05, 4.69) is 31.2 Å². The van der Waals surface area contributed by atoms with Gasteiger partial charge in [-0.05, 0) is 25.1 Å². The van der Waals surface area contributed by atoms with Crippen LogP contribution in [0.3, 0.4) is 0 Å². The summed E-state index contributed by atoms with van der Waals surface area (Å²) in [5.74, 6) is 1.66. The van der Waals surface area contributed by atoms with E-state index in [9.17, 15) is 0 Å². The van der Waals surface area contributed by atoms with Gasteiger partial charge in [0, 0.05) is 32.4 Å². The number of halogens is 1. The monoisotopic (exact) mass is 317 g/mol. The van der Waals surface area contributed by atoms with Gasteiger partial charge in [0.25, 0.3) is 0 Å². The van der Waals surface area contributed by atoms with Crippen LogP contribution in [0.2, 0.25) is 5.02 Å². The molecule has 0 atom stereocenters. The standard InChI is InChI=1S/C16H20ClN5/c1-13-18-7-6-16(20-13)19-12-21-8-10-22(11-9-21)15-5-3-2-4-14(15)17/h2-7H,8-12H2,1H3,(H,18,19,20). The summed E-state index contributed by atoms with van der Waals surface area (Å²) in [6.07, 6.45) is 1.78. The third kappa shape index (κ3) is 3.67. The van der Waals surface area contributed by atoms with Gasteiger partial charge in [-0.2, -0.15) is 0 Å².